The zero-order chi connectivity index (χ0) is 15.2. The maximum absolute atomic E-state index is 13.2. The number of rotatable bonds is 2. The molecular weight excluding hydrogens is 287 g/mol. The highest BCUT2D eigenvalue weighted by molar-refractivity contribution is 5.22. The average Bonchev–Trinajstić information content (AvgIpc) is 2.81. The molecule has 3 aliphatic heterocycles. The molecule has 120 valence electrons. The van der Waals surface area contributed by atoms with Crippen LogP contribution in [-0.4, -0.2) is 19.0 Å². The predicted octanol–water partition coefficient (Wildman–Crippen LogP) is 3.65. The summed E-state index contributed by atoms with van der Waals surface area (Å²) < 4.78 is 25.1. The van der Waals surface area contributed by atoms with Crippen LogP contribution in [0.15, 0.2) is 24.3 Å². The highest BCUT2D eigenvalue weighted by atomic mass is 19.1. The van der Waals surface area contributed by atoms with Gasteiger partial charge in [0.15, 0.2) is 11.9 Å². The van der Waals surface area contributed by atoms with E-state index in [0.717, 1.165) is 31.2 Å². The Kier molecular flexibility index (Phi) is 3.49. The minimum absolute atomic E-state index is 0.279. The van der Waals surface area contributed by atoms with E-state index in [1.165, 1.54) is 18.6 Å². The molecule has 2 bridgehead atoms. The molecule has 0 unspecified atom stereocenters. The standard InChI is InChI=1S/C17H21FO4/c1-19-15-16-10-3-2-4-12(16)9-11-17(20-15,22-21-16)13-5-7-14(18)8-6-13/h5-8,12,15H,2-4,9-11H2,1H3/t12-,15+,16+,17+/m0/s1. The van der Waals surface area contributed by atoms with E-state index in [4.69, 9.17) is 19.2 Å². The van der Waals surface area contributed by atoms with E-state index in [1.807, 2.05) is 0 Å². The lowest BCUT2D eigenvalue weighted by Crippen LogP contribution is -2.59. The van der Waals surface area contributed by atoms with Gasteiger partial charge in [-0.15, -0.1) is 0 Å². The smallest absolute Gasteiger partial charge is 0.230 e. The Morgan fingerprint density at radius 1 is 1.09 bits per heavy atom. The van der Waals surface area contributed by atoms with Gasteiger partial charge in [-0.2, -0.15) is 4.89 Å². The number of halogens is 1. The molecule has 3 saturated heterocycles. The summed E-state index contributed by atoms with van der Waals surface area (Å²) in [5.41, 5.74) is 0.261. The summed E-state index contributed by atoms with van der Waals surface area (Å²) >= 11 is 0. The molecule has 0 amide bonds. The number of methoxy groups -OCH3 is 1. The van der Waals surface area contributed by atoms with Crippen LogP contribution in [0.25, 0.3) is 0 Å². The third-order valence-electron chi connectivity index (χ3n) is 5.41. The van der Waals surface area contributed by atoms with Crippen molar-refractivity contribution in [2.45, 2.75) is 56.2 Å². The van der Waals surface area contributed by atoms with Crippen LogP contribution in [0.2, 0.25) is 0 Å². The van der Waals surface area contributed by atoms with E-state index in [1.54, 1.807) is 19.2 Å². The molecule has 4 atom stereocenters. The van der Waals surface area contributed by atoms with Gasteiger partial charge in [-0.3, -0.25) is 0 Å². The first-order valence-corrected chi connectivity index (χ1v) is 8.02. The molecule has 0 aromatic heterocycles. The van der Waals surface area contributed by atoms with Gasteiger partial charge in [-0.1, -0.05) is 25.0 Å². The predicted molar refractivity (Wildman–Crippen MR) is 76.1 cm³/mol. The van der Waals surface area contributed by atoms with E-state index in [0.29, 0.717) is 12.3 Å². The van der Waals surface area contributed by atoms with Crippen molar-refractivity contribution >= 4 is 0 Å². The Morgan fingerprint density at radius 3 is 2.68 bits per heavy atom. The van der Waals surface area contributed by atoms with Gasteiger partial charge in [-0.25, -0.2) is 9.28 Å². The quantitative estimate of drug-likeness (QED) is 0.782. The molecule has 1 saturated carbocycles. The Labute approximate surface area is 129 Å². The fourth-order valence-corrected chi connectivity index (χ4v) is 4.20. The largest absolute Gasteiger partial charge is 0.353 e. The lowest BCUT2D eigenvalue weighted by atomic mass is 9.73. The van der Waals surface area contributed by atoms with Crippen LogP contribution in [0.5, 0.6) is 0 Å². The molecule has 0 radical (unpaired) electrons. The number of hydrogen-bond donors (Lipinski definition) is 0. The molecule has 0 N–H and O–H groups in total. The summed E-state index contributed by atoms with van der Waals surface area (Å²) in [6, 6.07) is 6.22. The summed E-state index contributed by atoms with van der Waals surface area (Å²) in [5, 5.41) is 0. The first kappa shape index (κ1) is 14.6. The molecular formula is C17H21FO4. The molecule has 1 spiro atoms. The van der Waals surface area contributed by atoms with Crippen LogP contribution >= 0.6 is 0 Å². The molecule has 1 aromatic rings. The fraction of sp³-hybridized carbons (Fsp3) is 0.647. The van der Waals surface area contributed by atoms with Crippen LogP contribution < -0.4 is 0 Å². The van der Waals surface area contributed by atoms with E-state index < -0.39 is 17.7 Å². The maximum atomic E-state index is 13.2. The van der Waals surface area contributed by atoms with Crippen molar-refractivity contribution in [2.75, 3.05) is 7.11 Å². The van der Waals surface area contributed by atoms with Gasteiger partial charge in [0, 0.05) is 19.1 Å². The maximum Gasteiger partial charge on any atom is 0.230 e. The Hall–Kier alpha value is -1.01. The molecule has 4 aliphatic rings. The van der Waals surface area contributed by atoms with Crippen molar-refractivity contribution in [2.24, 2.45) is 5.92 Å². The van der Waals surface area contributed by atoms with Crippen molar-refractivity contribution in [3.05, 3.63) is 35.6 Å². The minimum Gasteiger partial charge on any atom is -0.353 e. The van der Waals surface area contributed by atoms with E-state index in [-0.39, 0.29) is 5.82 Å². The number of hydrogen-bond acceptors (Lipinski definition) is 4. The van der Waals surface area contributed by atoms with Crippen molar-refractivity contribution in [3.63, 3.8) is 0 Å². The molecule has 1 aromatic carbocycles. The van der Waals surface area contributed by atoms with Crippen LogP contribution in [0.1, 0.15) is 44.1 Å². The van der Waals surface area contributed by atoms with E-state index in [2.05, 4.69) is 0 Å². The second-order valence-corrected chi connectivity index (χ2v) is 6.55. The summed E-state index contributed by atoms with van der Waals surface area (Å²) in [5.74, 6) is -0.910. The SMILES string of the molecule is CO[C@@H]1O[C@]2(c3ccc(F)cc3)CC[C@@H]3CCCC[C@@]31OO2. The van der Waals surface area contributed by atoms with Crippen molar-refractivity contribution in [1.29, 1.82) is 0 Å². The summed E-state index contributed by atoms with van der Waals surface area (Å²) in [4.78, 5) is 11.7. The van der Waals surface area contributed by atoms with Crippen molar-refractivity contribution < 1.29 is 23.6 Å². The number of ether oxygens (including phenoxy) is 2. The van der Waals surface area contributed by atoms with Crippen molar-refractivity contribution in [3.8, 4) is 0 Å². The van der Waals surface area contributed by atoms with Crippen LogP contribution in [0, 0.1) is 11.7 Å². The van der Waals surface area contributed by atoms with Gasteiger partial charge in [-0.05, 0) is 37.3 Å². The average molecular weight is 308 g/mol. The zero-order valence-electron chi connectivity index (χ0n) is 12.7. The first-order valence-electron chi connectivity index (χ1n) is 8.02. The van der Waals surface area contributed by atoms with Gasteiger partial charge < -0.3 is 9.47 Å². The highest BCUT2D eigenvalue weighted by Gasteiger charge is 2.61. The minimum atomic E-state index is -1.00. The summed E-state index contributed by atoms with van der Waals surface area (Å²) in [6.07, 6.45) is 5.46. The first-order chi connectivity index (χ1) is 10.7. The van der Waals surface area contributed by atoms with Gasteiger partial charge in [0.2, 0.25) is 5.79 Å². The molecule has 3 heterocycles. The summed E-state index contributed by atoms with van der Waals surface area (Å²) in [7, 11) is 1.65. The van der Waals surface area contributed by atoms with E-state index in [9.17, 15) is 4.39 Å². The van der Waals surface area contributed by atoms with E-state index >= 15 is 0 Å². The molecule has 1 aliphatic carbocycles. The second kappa shape index (κ2) is 5.27. The number of benzene rings is 1. The van der Waals surface area contributed by atoms with Crippen LogP contribution in [0.4, 0.5) is 4.39 Å². The lowest BCUT2D eigenvalue weighted by molar-refractivity contribution is -0.558. The Balaban J connectivity index is 1.73. The van der Waals surface area contributed by atoms with Crippen LogP contribution in [-0.2, 0) is 25.0 Å². The van der Waals surface area contributed by atoms with Gasteiger partial charge >= 0.3 is 0 Å². The van der Waals surface area contributed by atoms with Gasteiger partial charge in [0.05, 0.1) is 0 Å². The Morgan fingerprint density at radius 2 is 1.91 bits per heavy atom. The molecule has 5 rings (SSSR count). The lowest BCUT2D eigenvalue weighted by Gasteiger charge is -2.49. The third-order valence-corrected chi connectivity index (χ3v) is 5.41. The topological polar surface area (TPSA) is 36.9 Å². The normalized spacial score (nSPS) is 41.0. The molecule has 4 nitrogen and oxygen atoms in total. The van der Waals surface area contributed by atoms with Gasteiger partial charge in [0.25, 0.3) is 0 Å². The van der Waals surface area contributed by atoms with Gasteiger partial charge in [0.1, 0.15) is 5.82 Å². The molecule has 22 heavy (non-hydrogen) atoms. The van der Waals surface area contributed by atoms with Crippen molar-refractivity contribution in [1.82, 2.24) is 0 Å². The molecule has 5 heteroatoms. The second-order valence-electron chi connectivity index (χ2n) is 6.55. The summed E-state index contributed by atoms with van der Waals surface area (Å²) in [6.45, 7) is 0. The number of fused-ring (bicyclic) bond motifs is 3. The fourth-order valence-electron chi connectivity index (χ4n) is 4.20. The Bertz CT molecular complexity index is 544. The monoisotopic (exact) mass is 308 g/mol. The molecule has 4 fully saturated rings. The third kappa shape index (κ3) is 2.03. The zero-order valence-corrected chi connectivity index (χ0v) is 12.7. The highest BCUT2D eigenvalue weighted by Crippen LogP contribution is 2.54. The van der Waals surface area contributed by atoms with Crippen LogP contribution in [0.3, 0.4) is 0 Å².